The van der Waals surface area contributed by atoms with Crippen LogP contribution in [0.25, 0.3) is 0 Å². The SMILES string of the molecule is Cc1ccccc1CN1CCN(C(=O)Cc2ccc(Br)cc2)CC1. The van der Waals surface area contributed by atoms with E-state index in [1.165, 1.54) is 11.1 Å². The molecule has 0 atom stereocenters. The summed E-state index contributed by atoms with van der Waals surface area (Å²) in [5.74, 6) is 0.230. The van der Waals surface area contributed by atoms with Gasteiger partial charge in [0.2, 0.25) is 5.91 Å². The topological polar surface area (TPSA) is 23.6 Å². The normalized spacial score (nSPS) is 15.5. The van der Waals surface area contributed by atoms with Crippen LogP contribution in [-0.2, 0) is 17.8 Å². The molecule has 0 unspecified atom stereocenters. The van der Waals surface area contributed by atoms with Gasteiger partial charge in [0.1, 0.15) is 0 Å². The van der Waals surface area contributed by atoms with Gasteiger partial charge in [0, 0.05) is 37.2 Å². The first-order valence-corrected chi connectivity index (χ1v) is 9.20. The van der Waals surface area contributed by atoms with E-state index in [0.717, 1.165) is 42.8 Å². The monoisotopic (exact) mass is 386 g/mol. The first-order valence-electron chi connectivity index (χ1n) is 8.41. The highest BCUT2D eigenvalue weighted by Crippen LogP contribution is 2.14. The van der Waals surface area contributed by atoms with Crippen molar-refractivity contribution in [3.63, 3.8) is 0 Å². The van der Waals surface area contributed by atoms with Crippen LogP contribution in [0.4, 0.5) is 0 Å². The highest BCUT2D eigenvalue weighted by Gasteiger charge is 2.21. The van der Waals surface area contributed by atoms with E-state index in [1.54, 1.807) is 0 Å². The van der Waals surface area contributed by atoms with E-state index < -0.39 is 0 Å². The first kappa shape index (κ1) is 17.2. The predicted molar refractivity (Wildman–Crippen MR) is 101 cm³/mol. The number of piperazine rings is 1. The van der Waals surface area contributed by atoms with E-state index in [-0.39, 0.29) is 5.91 Å². The zero-order valence-corrected chi connectivity index (χ0v) is 15.6. The van der Waals surface area contributed by atoms with E-state index in [1.807, 2.05) is 29.2 Å². The van der Waals surface area contributed by atoms with Gasteiger partial charge >= 0.3 is 0 Å². The van der Waals surface area contributed by atoms with Crippen molar-refractivity contribution in [2.75, 3.05) is 26.2 Å². The number of rotatable bonds is 4. The second-order valence-electron chi connectivity index (χ2n) is 6.39. The number of benzene rings is 2. The Labute approximate surface area is 152 Å². The van der Waals surface area contributed by atoms with E-state index in [9.17, 15) is 4.79 Å². The summed E-state index contributed by atoms with van der Waals surface area (Å²) in [6, 6.07) is 16.5. The van der Waals surface area contributed by atoms with Gasteiger partial charge in [0.25, 0.3) is 0 Å². The minimum absolute atomic E-state index is 0.230. The van der Waals surface area contributed by atoms with Gasteiger partial charge in [-0.05, 0) is 35.7 Å². The molecule has 3 rings (SSSR count). The summed E-state index contributed by atoms with van der Waals surface area (Å²) in [6.07, 6.45) is 0.491. The fraction of sp³-hybridized carbons (Fsp3) is 0.350. The lowest BCUT2D eigenvalue weighted by Gasteiger charge is -2.35. The largest absolute Gasteiger partial charge is 0.340 e. The van der Waals surface area contributed by atoms with Crippen LogP contribution in [0.1, 0.15) is 16.7 Å². The Bertz CT molecular complexity index is 691. The van der Waals surface area contributed by atoms with Crippen LogP contribution in [0.15, 0.2) is 53.0 Å². The molecule has 0 aromatic heterocycles. The average molecular weight is 387 g/mol. The Balaban J connectivity index is 1.50. The summed E-state index contributed by atoms with van der Waals surface area (Å²) < 4.78 is 1.04. The minimum Gasteiger partial charge on any atom is -0.340 e. The number of hydrogen-bond acceptors (Lipinski definition) is 2. The summed E-state index contributed by atoms with van der Waals surface area (Å²) in [5.41, 5.74) is 3.80. The van der Waals surface area contributed by atoms with Crippen molar-refractivity contribution in [2.24, 2.45) is 0 Å². The summed E-state index contributed by atoms with van der Waals surface area (Å²) in [5, 5.41) is 0. The highest BCUT2D eigenvalue weighted by atomic mass is 79.9. The van der Waals surface area contributed by atoms with Crippen molar-refractivity contribution >= 4 is 21.8 Å². The van der Waals surface area contributed by atoms with Crippen molar-refractivity contribution in [1.82, 2.24) is 9.80 Å². The molecule has 0 aliphatic carbocycles. The molecule has 0 spiro atoms. The molecule has 2 aromatic rings. The standard InChI is InChI=1S/C20H23BrN2O/c1-16-4-2-3-5-18(16)15-22-10-12-23(13-11-22)20(24)14-17-6-8-19(21)9-7-17/h2-9H,10-15H2,1H3. The quantitative estimate of drug-likeness (QED) is 0.800. The molecule has 24 heavy (non-hydrogen) atoms. The molecule has 1 heterocycles. The first-order chi connectivity index (χ1) is 11.6. The maximum atomic E-state index is 12.5. The van der Waals surface area contributed by atoms with Gasteiger partial charge in [-0.3, -0.25) is 9.69 Å². The van der Waals surface area contributed by atoms with Crippen molar-refractivity contribution in [1.29, 1.82) is 0 Å². The lowest BCUT2D eigenvalue weighted by atomic mass is 10.1. The Kier molecular flexibility index (Phi) is 5.69. The molecule has 1 saturated heterocycles. The molecule has 0 N–H and O–H groups in total. The van der Waals surface area contributed by atoms with Crippen molar-refractivity contribution in [2.45, 2.75) is 19.9 Å². The van der Waals surface area contributed by atoms with Crippen LogP contribution in [0, 0.1) is 6.92 Å². The maximum absolute atomic E-state index is 12.5. The zero-order chi connectivity index (χ0) is 16.9. The summed E-state index contributed by atoms with van der Waals surface area (Å²) >= 11 is 3.43. The fourth-order valence-electron chi connectivity index (χ4n) is 3.07. The molecule has 1 aliphatic heterocycles. The van der Waals surface area contributed by atoms with E-state index in [4.69, 9.17) is 0 Å². The predicted octanol–water partition coefficient (Wildman–Crippen LogP) is 3.64. The third-order valence-electron chi connectivity index (χ3n) is 4.65. The number of carbonyl (C=O) groups is 1. The van der Waals surface area contributed by atoms with Crippen LogP contribution < -0.4 is 0 Å². The van der Waals surface area contributed by atoms with Crippen molar-refractivity contribution in [3.05, 3.63) is 69.7 Å². The molecule has 1 fully saturated rings. The van der Waals surface area contributed by atoms with Gasteiger partial charge in [-0.2, -0.15) is 0 Å². The van der Waals surface area contributed by atoms with Crippen LogP contribution in [-0.4, -0.2) is 41.9 Å². The number of amides is 1. The molecule has 1 amide bonds. The second kappa shape index (κ2) is 7.95. The minimum atomic E-state index is 0.230. The van der Waals surface area contributed by atoms with Crippen LogP contribution in [0.3, 0.4) is 0 Å². The Morgan fingerprint density at radius 1 is 1.00 bits per heavy atom. The van der Waals surface area contributed by atoms with Gasteiger partial charge in [-0.25, -0.2) is 0 Å². The fourth-order valence-corrected chi connectivity index (χ4v) is 3.34. The molecule has 0 radical (unpaired) electrons. The molecule has 3 nitrogen and oxygen atoms in total. The number of aryl methyl sites for hydroxylation is 1. The lowest BCUT2D eigenvalue weighted by molar-refractivity contribution is -0.132. The number of carbonyl (C=O) groups excluding carboxylic acids is 1. The smallest absolute Gasteiger partial charge is 0.227 e. The van der Waals surface area contributed by atoms with E-state index in [2.05, 4.69) is 52.0 Å². The summed E-state index contributed by atoms with van der Waals surface area (Å²) in [7, 11) is 0. The average Bonchev–Trinajstić information content (AvgIpc) is 2.59. The Morgan fingerprint density at radius 2 is 1.67 bits per heavy atom. The third-order valence-corrected chi connectivity index (χ3v) is 5.18. The maximum Gasteiger partial charge on any atom is 0.227 e. The molecule has 2 aromatic carbocycles. The van der Waals surface area contributed by atoms with Crippen molar-refractivity contribution in [3.8, 4) is 0 Å². The van der Waals surface area contributed by atoms with Gasteiger partial charge in [-0.1, -0.05) is 52.3 Å². The van der Waals surface area contributed by atoms with Gasteiger partial charge < -0.3 is 4.90 Å². The summed E-state index contributed by atoms with van der Waals surface area (Å²) in [4.78, 5) is 16.9. The molecule has 126 valence electrons. The Hall–Kier alpha value is -1.65. The molecule has 0 saturated carbocycles. The van der Waals surface area contributed by atoms with Gasteiger partial charge in [0.15, 0.2) is 0 Å². The van der Waals surface area contributed by atoms with Crippen LogP contribution in [0.5, 0.6) is 0 Å². The molecular formula is C20H23BrN2O. The molecule has 4 heteroatoms. The Morgan fingerprint density at radius 3 is 2.33 bits per heavy atom. The van der Waals surface area contributed by atoms with Gasteiger partial charge in [-0.15, -0.1) is 0 Å². The summed E-state index contributed by atoms with van der Waals surface area (Å²) in [6.45, 7) is 6.66. The molecule has 1 aliphatic rings. The zero-order valence-electron chi connectivity index (χ0n) is 14.0. The van der Waals surface area contributed by atoms with Crippen molar-refractivity contribution < 1.29 is 4.79 Å². The van der Waals surface area contributed by atoms with E-state index in [0.29, 0.717) is 6.42 Å². The van der Waals surface area contributed by atoms with Crippen LogP contribution >= 0.6 is 15.9 Å². The molecular weight excluding hydrogens is 364 g/mol. The van der Waals surface area contributed by atoms with Gasteiger partial charge in [0.05, 0.1) is 6.42 Å². The third kappa shape index (κ3) is 4.46. The second-order valence-corrected chi connectivity index (χ2v) is 7.30. The van der Waals surface area contributed by atoms with E-state index >= 15 is 0 Å². The molecule has 0 bridgehead atoms. The highest BCUT2D eigenvalue weighted by molar-refractivity contribution is 9.10. The lowest BCUT2D eigenvalue weighted by Crippen LogP contribution is -2.48. The number of halogens is 1. The van der Waals surface area contributed by atoms with Crippen LogP contribution in [0.2, 0.25) is 0 Å². The number of nitrogens with zero attached hydrogens (tertiary/aromatic N) is 2. The number of hydrogen-bond donors (Lipinski definition) is 0.